The van der Waals surface area contributed by atoms with Crippen LogP contribution < -0.4 is 11.5 Å². The molecule has 0 fully saturated rings. The second-order valence-corrected chi connectivity index (χ2v) is 3.58. The number of aromatic nitrogens is 2. The van der Waals surface area contributed by atoms with E-state index in [1.165, 1.54) is 17.5 Å². The molecule has 0 saturated heterocycles. The molecule has 0 aliphatic carbocycles. The van der Waals surface area contributed by atoms with Crippen molar-refractivity contribution in [2.24, 2.45) is 16.5 Å². The second kappa shape index (κ2) is 6.92. The molecule has 0 spiro atoms. The Morgan fingerprint density at radius 3 is 2.65 bits per heavy atom. The van der Waals surface area contributed by atoms with Gasteiger partial charge < -0.3 is 11.5 Å². The molecule has 0 radical (unpaired) electrons. The van der Waals surface area contributed by atoms with Crippen molar-refractivity contribution >= 4 is 22.4 Å². The molecule has 2 aromatic rings. The zero-order valence-corrected chi connectivity index (χ0v) is 9.63. The first-order valence-corrected chi connectivity index (χ1v) is 5.39. The number of aliphatic imine (C=N–C) groups is 1. The van der Waals surface area contributed by atoms with Crippen molar-refractivity contribution in [3.05, 3.63) is 41.7 Å². The van der Waals surface area contributed by atoms with Crippen LogP contribution in [-0.4, -0.2) is 15.9 Å². The Balaban J connectivity index is 0.000000171. The molecule has 7 heteroatoms. The van der Waals surface area contributed by atoms with Crippen LogP contribution >= 0.6 is 11.3 Å². The van der Waals surface area contributed by atoms with Crippen molar-refractivity contribution in [2.45, 2.75) is 0 Å². The van der Waals surface area contributed by atoms with E-state index in [-0.39, 0.29) is 5.96 Å². The fourth-order valence-corrected chi connectivity index (χ4v) is 1.33. The van der Waals surface area contributed by atoms with Gasteiger partial charge in [0.25, 0.3) is 0 Å². The highest BCUT2D eigenvalue weighted by Crippen LogP contribution is 2.13. The van der Waals surface area contributed by atoms with Gasteiger partial charge >= 0.3 is 0 Å². The van der Waals surface area contributed by atoms with Gasteiger partial charge in [0.1, 0.15) is 6.07 Å². The Morgan fingerprint density at radius 2 is 2.24 bits per heavy atom. The van der Waals surface area contributed by atoms with E-state index in [0.717, 1.165) is 0 Å². The molecule has 0 atom stereocenters. The summed E-state index contributed by atoms with van der Waals surface area (Å²) < 4.78 is 0. The number of hydrogen-bond acceptors (Lipinski definition) is 5. The molecule has 2 heterocycles. The number of rotatable bonds is 1. The van der Waals surface area contributed by atoms with Gasteiger partial charge in [-0.15, -0.1) is 11.3 Å². The molecule has 0 bridgehead atoms. The van der Waals surface area contributed by atoms with Crippen LogP contribution in [0.25, 0.3) is 0 Å². The largest absolute Gasteiger partial charge is 0.370 e. The molecule has 2 aromatic heterocycles. The maximum atomic E-state index is 8.25. The molecule has 0 saturated carbocycles. The molecule has 17 heavy (non-hydrogen) atoms. The Bertz CT molecular complexity index is 495. The molecule has 0 amide bonds. The standard InChI is InChI=1S/C6H4N2.C4H6N4S/c7-4-6-2-1-3-8-5-6;5-3(6)8-4-7-1-2-9-4/h1-3,5H;1-2H,(H4,5,6,7,8). The Hall–Kier alpha value is -2.46. The van der Waals surface area contributed by atoms with Crippen LogP contribution in [0.15, 0.2) is 41.1 Å². The van der Waals surface area contributed by atoms with Gasteiger partial charge in [0.05, 0.1) is 5.56 Å². The number of nitrogens with two attached hydrogens (primary N) is 2. The summed E-state index contributed by atoms with van der Waals surface area (Å²) in [6.07, 6.45) is 4.81. The third kappa shape index (κ3) is 5.25. The molecular weight excluding hydrogens is 236 g/mol. The van der Waals surface area contributed by atoms with Crippen LogP contribution in [0.1, 0.15) is 5.56 Å². The number of thiazole rings is 1. The van der Waals surface area contributed by atoms with Crippen LogP contribution in [0.3, 0.4) is 0 Å². The third-order valence-electron chi connectivity index (χ3n) is 1.43. The maximum absolute atomic E-state index is 8.25. The lowest BCUT2D eigenvalue weighted by Crippen LogP contribution is -2.21. The van der Waals surface area contributed by atoms with E-state index in [4.69, 9.17) is 16.7 Å². The average Bonchev–Trinajstić information content (AvgIpc) is 2.83. The van der Waals surface area contributed by atoms with Crippen molar-refractivity contribution in [2.75, 3.05) is 0 Å². The second-order valence-electron chi connectivity index (χ2n) is 2.70. The van der Waals surface area contributed by atoms with Crippen LogP contribution in [0.5, 0.6) is 0 Å². The fourth-order valence-electron chi connectivity index (χ4n) is 0.810. The Morgan fingerprint density at radius 1 is 1.41 bits per heavy atom. The minimum atomic E-state index is 0.0463. The number of nitrogens with zero attached hydrogens (tertiary/aromatic N) is 4. The molecule has 4 N–H and O–H groups in total. The summed E-state index contributed by atoms with van der Waals surface area (Å²) in [5.74, 6) is 0.0463. The predicted molar refractivity (Wildman–Crippen MR) is 66.5 cm³/mol. The van der Waals surface area contributed by atoms with Crippen molar-refractivity contribution in [1.29, 1.82) is 5.26 Å². The van der Waals surface area contributed by atoms with E-state index in [9.17, 15) is 0 Å². The first kappa shape index (κ1) is 12.6. The minimum Gasteiger partial charge on any atom is -0.370 e. The lowest BCUT2D eigenvalue weighted by atomic mass is 10.3. The van der Waals surface area contributed by atoms with Crippen LogP contribution in [-0.2, 0) is 0 Å². The van der Waals surface area contributed by atoms with E-state index in [0.29, 0.717) is 10.7 Å². The van der Waals surface area contributed by atoms with Crippen molar-refractivity contribution < 1.29 is 0 Å². The zero-order valence-electron chi connectivity index (χ0n) is 8.82. The van der Waals surface area contributed by atoms with Gasteiger partial charge in [0.2, 0.25) is 5.13 Å². The highest BCUT2D eigenvalue weighted by Gasteiger charge is 1.88. The van der Waals surface area contributed by atoms with Gasteiger partial charge in [0.15, 0.2) is 5.96 Å². The van der Waals surface area contributed by atoms with E-state index in [1.54, 1.807) is 24.5 Å². The van der Waals surface area contributed by atoms with Gasteiger partial charge in [-0.1, -0.05) is 0 Å². The smallest absolute Gasteiger partial charge is 0.212 e. The van der Waals surface area contributed by atoms with E-state index >= 15 is 0 Å². The van der Waals surface area contributed by atoms with Gasteiger partial charge in [0, 0.05) is 24.0 Å². The molecule has 0 aliphatic heterocycles. The summed E-state index contributed by atoms with van der Waals surface area (Å²) in [6.45, 7) is 0. The van der Waals surface area contributed by atoms with Gasteiger partial charge in [-0.3, -0.25) is 4.98 Å². The number of hydrogen-bond donors (Lipinski definition) is 2. The summed E-state index contributed by atoms with van der Waals surface area (Å²) >= 11 is 1.39. The maximum Gasteiger partial charge on any atom is 0.212 e. The van der Waals surface area contributed by atoms with E-state index in [1.807, 2.05) is 11.4 Å². The van der Waals surface area contributed by atoms with Crippen molar-refractivity contribution in [1.82, 2.24) is 9.97 Å². The molecule has 86 valence electrons. The number of pyridine rings is 1. The zero-order chi connectivity index (χ0) is 12.5. The summed E-state index contributed by atoms with van der Waals surface area (Å²) in [5, 5.41) is 10.6. The first-order chi connectivity index (χ1) is 8.22. The third-order valence-corrected chi connectivity index (χ3v) is 2.10. The highest BCUT2D eigenvalue weighted by atomic mass is 32.1. The Kier molecular flexibility index (Phi) is 5.13. The van der Waals surface area contributed by atoms with Crippen LogP contribution in [0, 0.1) is 11.3 Å². The van der Waals surface area contributed by atoms with Gasteiger partial charge in [-0.2, -0.15) is 10.3 Å². The molecule has 0 aliphatic rings. The Labute approximate surface area is 102 Å². The monoisotopic (exact) mass is 246 g/mol. The summed E-state index contributed by atoms with van der Waals surface area (Å²) in [7, 11) is 0. The van der Waals surface area contributed by atoms with E-state index in [2.05, 4.69) is 15.0 Å². The van der Waals surface area contributed by atoms with Crippen LogP contribution in [0.4, 0.5) is 5.13 Å². The van der Waals surface area contributed by atoms with Crippen molar-refractivity contribution in [3.63, 3.8) is 0 Å². The summed E-state index contributed by atoms with van der Waals surface area (Å²) in [6, 6.07) is 5.41. The van der Waals surface area contributed by atoms with Crippen LogP contribution in [0.2, 0.25) is 0 Å². The molecule has 6 nitrogen and oxygen atoms in total. The average molecular weight is 246 g/mol. The van der Waals surface area contributed by atoms with E-state index < -0.39 is 0 Å². The quantitative estimate of drug-likeness (QED) is 0.575. The van der Waals surface area contributed by atoms with Gasteiger partial charge in [-0.25, -0.2) is 4.98 Å². The number of guanidine groups is 1. The first-order valence-electron chi connectivity index (χ1n) is 4.51. The minimum absolute atomic E-state index is 0.0463. The lowest BCUT2D eigenvalue weighted by Gasteiger charge is -1.84. The lowest BCUT2D eigenvalue weighted by molar-refractivity contribution is 1.30. The highest BCUT2D eigenvalue weighted by molar-refractivity contribution is 7.13. The summed E-state index contributed by atoms with van der Waals surface area (Å²) in [4.78, 5) is 11.3. The predicted octanol–water partition coefficient (Wildman–Crippen LogP) is 1.00. The molecule has 0 unspecified atom stereocenters. The molecule has 0 aromatic carbocycles. The molecule has 2 rings (SSSR count). The van der Waals surface area contributed by atoms with Crippen molar-refractivity contribution in [3.8, 4) is 6.07 Å². The number of nitriles is 1. The molecular formula is C10H10N6S. The fraction of sp³-hybridized carbons (Fsp3) is 0. The summed E-state index contributed by atoms with van der Waals surface area (Å²) in [5.41, 5.74) is 10.8. The normalized spacial score (nSPS) is 8.41. The SMILES string of the molecule is N#Cc1cccnc1.NC(N)=Nc1nccs1. The topological polar surface area (TPSA) is 114 Å². The van der Waals surface area contributed by atoms with Gasteiger partial charge in [-0.05, 0) is 12.1 Å².